The zero-order valence-electron chi connectivity index (χ0n) is 28.4. The molecule has 0 aliphatic heterocycles. The van der Waals surface area contributed by atoms with Crippen molar-refractivity contribution in [2.24, 2.45) is 0 Å². The van der Waals surface area contributed by atoms with Crippen molar-refractivity contribution in [1.82, 2.24) is 0 Å². The first-order valence-electron chi connectivity index (χ1n) is 17.8. The zero-order chi connectivity index (χ0) is 34.4. The third-order valence-corrected chi connectivity index (χ3v) is 11.4. The van der Waals surface area contributed by atoms with E-state index in [0.717, 1.165) is 11.4 Å². The lowest BCUT2D eigenvalue weighted by molar-refractivity contribution is 1.30. The lowest BCUT2D eigenvalue weighted by Crippen LogP contribution is -2.10. The van der Waals surface area contributed by atoms with E-state index in [4.69, 9.17) is 0 Å². The number of thiophene rings is 1. The molecule has 0 atom stereocenters. The first-order valence-corrected chi connectivity index (χ1v) is 18.6. The molecular formula is C50H33NS. The molecule has 1 heterocycles. The second-order valence-corrected chi connectivity index (χ2v) is 14.4. The molecule has 10 aromatic rings. The van der Waals surface area contributed by atoms with E-state index in [2.05, 4.69) is 205 Å². The Morgan fingerprint density at radius 3 is 1.67 bits per heavy atom. The minimum absolute atomic E-state index is 1.12. The monoisotopic (exact) mass is 679 g/mol. The van der Waals surface area contributed by atoms with Gasteiger partial charge in [-0.15, -0.1) is 11.3 Å². The Hall–Kier alpha value is -6.48. The topological polar surface area (TPSA) is 3.24 Å². The van der Waals surface area contributed by atoms with E-state index in [0.29, 0.717) is 0 Å². The highest BCUT2D eigenvalue weighted by molar-refractivity contribution is 7.26. The number of hydrogen-bond acceptors (Lipinski definition) is 2. The summed E-state index contributed by atoms with van der Waals surface area (Å²) in [6.07, 6.45) is 0. The molecule has 0 amide bonds. The SMILES string of the molecule is c1ccc(-c2cc(-c3ccc(N(c4ccc(-c5ccc6ccccc6c5)cc4)c4cccc5sc6ccccc6c45)cc3)cc3ccccc23)cc1. The summed E-state index contributed by atoms with van der Waals surface area (Å²) >= 11 is 1.86. The number of benzene rings is 9. The minimum atomic E-state index is 1.12. The first kappa shape index (κ1) is 30.4. The molecule has 0 aliphatic rings. The van der Waals surface area contributed by atoms with Crippen LogP contribution in [0.4, 0.5) is 17.1 Å². The predicted octanol–water partition coefficient (Wildman–Crippen LogP) is 14.8. The Labute approximate surface area is 307 Å². The van der Waals surface area contributed by atoms with Crippen molar-refractivity contribution in [1.29, 1.82) is 0 Å². The summed E-state index contributed by atoms with van der Waals surface area (Å²) in [5.41, 5.74) is 10.7. The van der Waals surface area contributed by atoms with Crippen LogP contribution in [0, 0.1) is 0 Å². The highest BCUT2D eigenvalue weighted by Crippen LogP contribution is 2.45. The van der Waals surface area contributed by atoms with Gasteiger partial charge in [-0.25, -0.2) is 0 Å². The van der Waals surface area contributed by atoms with Gasteiger partial charge in [0.15, 0.2) is 0 Å². The van der Waals surface area contributed by atoms with E-state index < -0.39 is 0 Å². The molecule has 9 aromatic carbocycles. The Balaban J connectivity index is 1.10. The first-order chi connectivity index (χ1) is 25.8. The van der Waals surface area contributed by atoms with Gasteiger partial charge >= 0.3 is 0 Å². The van der Waals surface area contributed by atoms with Gasteiger partial charge in [-0.1, -0.05) is 140 Å². The number of nitrogens with zero attached hydrogens (tertiary/aromatic N) is 1. The van der Waals surface area contributed by atoms with Crippen LogP contribution >= 0.6 is 11.3 Å². The quantitative estimate of drug-likeness (QED) is 0.169. The van der Waals surface area contributed by atoms with Gasteiger partial charge in [0.2, 0.25) is 0 Å². The van der Waals surface area contributed by atoms with Crippen molar-refractivity contribution in [2.45, 2.75) is 0 Å². The van der Waals surface area contributed by atoms with Gasteiger partial charge in [-0.05, 0) is 116 Å². The molecule has 1 nitrogen and oxygen atoms in total. The smallest absolute Gasteiger partial charge is 0.0554 e. The fourth-order valence-electron chi connectivity index (χ4n) is 7.68. The summed E-state index contributed by atoms with van der Waals surface area (Å²) in [5.74, 6) is 0. The van der Waals surface area contributed by atoms with Crippen LogP contribution in [0.5, 0.6) is 0 Å². The summed E-state index contributed by atoms with van der Waals surface area (Å²) in [6.45, 7) is 0. The Morgan fingerprint density at radius 1 is 0.327 bits per heavy atom. The average Bonchev–Trinajstić information content (AvgIpc) is 3.61. The van der Waals surface area contributed by atoms with Gasteiger partial charge in [0.25, 0.3) is 0 Å². The summed E-state index contributed by atoms with van der Waals surface area (Å²) in [6, 6.07) is 73.0. The van der Waals surface area contributed by atoms with Crippen molar-refractivity contribution in [3.8, 4) is 33.4 Å². The molecule has 0 radical (unpaired) electrons. The summed E-state index contributed by atoms with van der Waals surface area (Å²) in [5, 5.41) is 7.60. The molecule has 0 bridgehead atoms. The van der Waals surface area contributed by atoms with Crippen LogP contribution in [0.25, 0.3) is 75.1 Å². The third kappa shape index (κ3) is 5.33. The molecule has 244 valence electrons. The third-order valence-electron chi connectivity index (χ3n) is 10.2. The van der Waals surface area contributed by atoms with Crippen LogP contribution in [0.2, 0.25) is 0 Å². The van der Waals surface area contributed by atoms with Gasteiger partial charge in [0.05, 0.1) is 5.69 Å². The van der Waals surface area contributed by atoms with Crippen LogP contribution < -0.4 is 4.90 Å². The molecule has 0 unspecified atom stereocenters. The molecule has 0 saturated heterocycles. The molecule has 0 aliphatic carbocycles. The van der Waals surface area contributed by atoms with E-state index in [1.165, 1.54) is 80.8 Å². The molecule has 10 rings (SSSR count). The maximum atomic E-state index is 2.42. The molecule has 0 N–H and O–H groups in total. The average molecular weight is 680 g/mol. The van der Waals surface area contributed by atoms with E-state index >= 15 is 0 Å². The second-order valence-electron chi connectivity index (χ2n) is 13.4. The van der Waals surface area contributed by atoms with Gasteiger partial charge in [-0.2, -0.15) is 0 Å². The largest absolute Gasteiger partial charge is 0.310 e. The second kappa shape index (κ2) is 12.7. The molecule has 2 heteroatoms. The van der Waals surface area contributed by atoms with Gasteiger partial charge in [0.1, 0.15) is 0 Å². The summed E-state index contributed by atoms with van der Waals surface area (Å²) in [7, 11) is 0. The number of fused-ring (bicyclic) bond motifs is 5. The molecule has 52 heavy (non-hydrogen) atoms. The number of rotatable bonds is 6. The van der Waals surface area contributed by atoms with Crippen LogP contribution in [0.1, 0.15) is 0 Å². The van der Waals surface area contributed by atoms with Crippen molar-refractivity contribution in [3.05, 3.63) is 200 Å². The fraction of sp³-hybridized carbons (Fsp3) is 0. The molecule has 0 fully saturated rings. The number of anilines is 3. The Bertz CT molecular complexity index is 2890. The molecule has 0 saturated carbocycles. The van der Waals surface area contributed by atoms with Gasteiger partial charge in [0, 0.05) is 31.5 Å². The summed E-state index contributed by atoms with van der Waals surface area (Å²) < 4.78 is 2.59. The van der Waals surface area contributed by atoms with Crippen LogP contribution in [-0.4, -0.2) is 0 Å². The van der Waals surface area contributed by atoms with Gasteiger partial charge < -0.3 is 4.90 Å². The number of hydrogen-bond donors (Lipinski definition) is 0. The predicted molar refractivity (Wildman–Crippen MR) is 225 cm³/mol. The van der Waals surface area contributed by atoms with Crippen LogP contribution in [0.3, 0.4) is 0 Å². The minimum Gasteiger partial charge on any atom is -0.310 e. The summed E-state index contributed by atoms with van der Waals surface area (Å²) in [4.78, 5) is 2.42. The van der Waals surface area contributed by atoms with Crippen LogP contribution in [-0.2, 0) is 0 Å². The van der Waals surface area contributed by atoms with Crippen molar-refractivity contribution in [2.75, 3.05) is 4.90 Å². The van der Waals surface area contributed by atoms with E-state index in [-0.39, 0.29) is 0 Å². The standard InChI is InChI=1S/C50H33NS/c1-2-12-37(13-3-1)46-33-41(32-40-15-6-7-16-44(40)46)36-25-29-43(30-26-36)51(47-18-10-20-49-50(47)45-17-8-9-19-48(45)52-49)42-27-23-35(24-28-42)39-22-21-34-11-4-5-14-38(34)31-39/h1-33H. The Morgan fingerprint density at radius 2 is 0.904 bits per heavy atom. The van der Waals surface area contributed by atoms with Crippen molar-refractivity contribution >= 4 is 70.1 Å². The fourth-order valence-corrected chi connectivity index (χ4v) is 8.80. The van der Waals surface area contributed by atoms with E-state index in [1.807, 2.05) is 11.3 Å². The molecule has 0 spiro atoms. The maximum Gasteiger partial charge on any atom is 0.0554 e. The lowest BCUT2D eigenvalue weighted by atomic mass is 9.93. The highest BCUT2D eigenvalue weighted by atomic mass is 32.1. The van der Waals surface area contributed by atoms with Crippen molar-refractivity contribution in [3.63, 3.8) is 0 Å². The highest BCUT2D eigenvalue weighted by Gasteiger charge is 2.19. The van der Waals surface area contributed by atoms with E-state index in [9.17, 15) is 0 Å². The molecular weight excluding hydrogens is 647 g/mol. The Kier molecular flexibility index (Phi) is 7.41. The maximum absolute atomic E-state index is 2.42. The van der Waals surface area contributed by atoms with Gasteiger partial charge in [-0.3, -0.25) is 0 Å². The van der Waals surface area contributed by atoms with Crippen LogP contribution in [0.15, 0.2) is 200 Å². The lowest BCUT2D eigenvalue weighted by Gasteiger charge is -2.27. The normalized spacial score (nSPS) is 11.5. The zero-order valence-corrected chi connectivity index (χ0v) is 29.2. The van der Waals surface area contributed by atoms with Crippen molar-refractivity contribution < 1.29 is 0 Å². The molecule has 1 aromatic heterocycles. The van der Waals surface area contributed by atoms with E-state index in [1.54, 1.807) is 0 Å².